The van der Waals surface area contributed by atoms with Gasteiger partial charge in [-0.3, -0.25) is 9.59 Å². The van der Waals surface area contributed by atoms with E-state index in [1.165, 1.54) is 0 Å². The summed E-state index contributed by atoms with van der Waals surface area (Å²) in [5.41, 5.74) is -0.783. The fourth-order valence-electron chi connectivity index (χ4n) is 1.88. The molecule has 1 rings (SSSR count). The maximum atomic E-state index is 11.6. The maximum absolute atomic E-state index is 11.6. The second-order valence-corrected chi connectivity index (χ2v) is 4.28. The SMILES string of the molecule is C=CCC(=O)N1CCCC(C)(C(=O)O)C1. The monoisotopic (exact) mass is 211 g/mol. The highest BCUT2D eigenvalue weighted by atomic mass is 16.4. The van der Waals surface area contributed by atoms with Crippen LogP contribution in [-0.2, 0) is 9.59 Å². The van der Waals surface area contributed by atoms with E-state index in [-0.39, 0.29) is 12.3 Å². The summed E-state index contributed by atoms with van der Waals surface area (Å²) in [5.74, 6) is -0.851. The zero-order valence-corrected chi connectivity index (χ0v) is 9.03. The average molecular weight is 211 g/mol. The highest BCUT2D eigenvalue weighted by Crippen LogP contribution is 2.29. The number of nitrogens with zero attached hydrogens (tertiary/aromatic N) is 1. The number of rotatable bonds is 3. The third-order valence-corrected chi connectivity index (χ3v) is 2.88. The van der Waals surface area contributed by atoms with Crippen LogP contribution in [-0.4, -0.2) is 35.0 Å². The summed E-state index contributed by atoms with van der Waals surface area (Å²) in [6, 6.07) is 0. The van der Waals surface area contributed by atoms with Crippen LogP contribution in [0, 0.1) is 5.41 Å². The minimum absolute atomic E-state index is 0.0304. The van der Waals surface area contributed by atoms with Gasteiger partial charge in [-0.05, 0) is 19.8 Å². The van der Waals surface area contributed by atoms with Crippen LogP contribution in [0.15, 0.2) is 12.7 Å². The first-order chi connectivity index (χ1) is 6.99. The van der Waals surface area contributed by atoms with Crippen LogP contribution in [0.4, 0.5) is 0 Å². The molecule has 0 bridgehead atoms. The van der Waals surface area contributed by atoms with E-state index < -0.39 is 11.4 Å². The van der Waals surface area contributed by atoms with E-state index in [0.29, 0.717) is 19.5 Å². The molecule has 1 N–H and O–H groups in total. The Morgan fingerprint density at radius 3 is 2.80 bits per heavy atom. The van der Waals surface area contributed by atoms with E-state index in [9.17, 15) is 9.59 Å². The second-order valence-electron chi connectivity index (χ2n) is 4.28. The maximum Gasteiger partial charge on any atom is 0.311 e. The van der Waals surface area contributed by atoms with Gasteiger partial charge in [-0.2, -0.15) is 0 Å². The number of carbonyl (C=O) groups excluding carboxylic acids is 1. The Balaban J connectivity index is 2.67. The number of likely N-dealkylation sites (tertiary alicyclic amines) is 1. The Morgan fingerprint density at radius 2 is 2.27 bits per heavy atom. The molecule has 15 heavy (non-hydrogen) atoms. The van der Waals surface area contributed by atoms with Gasteiger partial charge in [0.2, 0.25) is 5.91 Å². The molecule has 1 unspecified atom stereocenters. The third kappa shape index (κ3) is 2.58. The van der Waals surface area contributed by atoms with Crippen LogP contribution in [0.2, 0.25) is 0 Å². The summed E-state index contributed by atoms with van der Waals surface area (Å²) in [4.78, 5) is 24.2. The van der Waals surface area contributed by atoms with Crippen molar-refractivity contribution in [1.82, 2.24) is 4.90 Å². The zero-order valence-electron chi connectivity index (χ0n) is 9.03. The van der Waals surface area contributed by atoms with Gasteiger partial charge in [0.25, 0.3) is 0 Å². The summed E-state index contributed by atoms with van der Waals surface area (Å²) in [6.45, 7) is 6.18. The molecule has 1 aliphatic rings. The molecular formula is C11H17NO3. The predicted molar refractivity (Wildman–Crippen MR) is 56.4 cm³/mol. The van der Waals surface area contributed by atoms with E-state index in [1.54, 1.807) is 17.9 Å². The minimum Gasteiger partial charge on any atom is -0.481 e. The van der Waals surface area contributed by atoms with E-state index in [4.69, 9.17) is 5.11 Å². The molecule has 0 aromatic carbocycles. The van der Waals surface area contributed by atoms with Gasteiger partial charge in [0, 0.05) is 19.5 Å². The van der Waals surface area contributed by atoms with Crippen LogP contribution in [0.1, 0.15) is 26.2 Å². The van der Waals surface area contributed by atoms with Gasteiger partial charge in [-0.15, -0.1) is 6.58 Å². The molecule has 0 saturated carbocycles. The van der Waals surface area contributed by atoms with E-state index >= 15 is 0 Å². The van der Waals surface area contributed by atoms with Crippen molar-refractivity contribution in [2.75, 3.05) is 13.1 Å². The third-order valence-electron chi connectivity index (χ3n) is 2.88. The Hall–Kier alpha value is -1.32. The minimum atomic E-state index is -0.821. The second kappa shape index (κ2) is 4.47. The number of carboxylic acid groups (broad SMARTS) is 1. The number of carbonyl (C=O) groups is 2. The predicted octanol–water partition coefficient (Wildman–Crippen LogP) is 1.28. The fourth-order valence-corrected chi connectivity index (χ4v) is 1.88. The largest absolute Gasteiger partial charge is 0.481 e. The van der Waals surface area contributed by atoms with Crippen molar-refractivity contribution in [3.63, 3.8) is 0 Å². The van der Waals surface area contributed by atoms with Crippen LogP contribution >= 0.6 is 0 Å². The van der Waals surface area contributed by atoms with Crippen LogP contribution in [0.5, 0.6) is 0 Å². The van der Waals surface area contributed by atoms with Gasteiger partial charge in [-0.1, -0.05) is 6.08 Å². The quantitative estimate of drug-likeness (QED) is 0.715. The molecule has 1 amide bonds. The molecule has 0 aromatic heterocycles. The number of hydrogen-bond acceptors (Lipinski definition) is 2. The highest BCUT2D eigenvalue weighted by Gasteiger charge is 2.38. The molecule has 1 heterocycles. The number of aliphatic carboxylic acids is 1. The van der Waals surface area contributed by atoms with Crippen LogP contribution < -0.4 is 0 Å². The van der Waals surface area contributed by atoms with Crippen molar-refractivity contribution in [3.05, 3.63) is 12.7 Å². The van der Waals surface area contributed by atoms with Crippen molar-refractivity contribution in [1.29, 1.82) is 0 Å². The van der Waals surface area contributed by atoms with Gasteiger partial charge in [-0.25, -0.2) is 0 Å². The number of amides is 1. The average Bonchev–Trinajstić information content (AvgIpc) is 2.18. The first kappa shape index (κ1) is 11.8. The normalized spacial score (nSPS) is 26.1. The van der Waals surface area contributed by atoms with Gasteiger partial charge < -0.3 is 10.0 Å². The highest BCUT2D eigenvalue weighted by molar-refractivity contribution is 5.80. The van der Waals surface area contributed by atoms with Gasteiger partial charge in [0.05, 0.1) is 5.41 Å². The van der Waals surface area contributed by atoms with Crippen molar-refractivity contribution in [2.24, 2.45) is 5.41 Å². The molecule has 1 atom stereocenters. The lowest BCUT2D eigenvalue weighted by molar-refractivity contribution is -0.153. The molecule has 0 aromatic rings. The molecule has 1 saturated heterocycles. The molecule has 4 nitrogen and oxygen atoms in total. The Labute approximate surface area is 89.6 Å². The summed E-state index contributed by atoms with van der Waals surface area (Å²) >= 11 is 0. The molecule has 1 aliphatic heterocycles. The number of piperidine rings is 1. The number of carboxylic acids is 1. The smallest absolute Gasteiger partial charge is 0.311 e. The van der Waals surface area contributed by atoms with Crippen molar-refractivity contribution < 1.29 is 14.7 Å². The number of hydrogen-bond donors (Lipinski definition) is 1. The lowest BCUT2D eigenvalue weighted by Crippen LogP contribution is -2.48. The van der Waals surface area contributed by atoms with Crippen molar-refractivity contribution >= 4 is 11.9 Å². The van der Waals surface area contributed by atoms with Crippen LogP contribution in [0.3, 0.4) is 0 Å². The molecule has 1 fully saturated rings. The molecule has 0 spiro atoms. The Morgan fingerprint density at radius 1 is 1.60 bits per heavy atom. The van der Waals surface area contributed by atoms with E-state index in [2.05, 4.69) is 6.58 Å². The van der Waals surface area contributed by atoms with Gasteiger partial charge in [0.15, 0.2) is 0 Å². The molecule has 0 aliphatic carbocycles. The summed E-state index contributed by atoms with van der Waals surface area (Å²) in [7, 11) is 0. The zero-order chi connectivity index (χ0) is 11.5. The molecule has 84 valence electrons. The van der Waals surface area contributed by atoms with Crippen molar-refractivity contribution in [3.8, 4) is 0 Å². The Kier molecular flexibility index (Phi) is 3.50. The van der Waals surface area contributed by atoms with Crippen LogP contribution in [0.25, 0.3) is 0 Å². The Bertz CT molecular complexity index is 288. The first-order valence-corrected chi connectivity index (χ1v) is 5.12. The molecular weight excluding hydrogens is 194 g/mol. The van der Waals surface area contributed by atoms with E-state index in [0.717, 1.165) is 6.42 Å². The topological polar surface area (TPSA) is 57.6 Å². The van der Waals surface area contributed by atoms with E-state index in [1.807, 2.05) is 0 Å². The lowest BCUT2D eigenvalue weighted by Gasteiger charge is -2.37. The summed E-state index contributed by atoms with van der Waals surface area (Å²) in [6.07, 6.45) is 3.23. The van der Waals surface area contributed by atoms with Gasteiger partial charge >= 0.3 is 5.97 Å². The van der Waals surface area contributed by atoms with Gasteiger partial charge in [0.1, 0.15) is 0 Å². The fraction of sp³-hybridized carbons (Fsp3) is 0.636. The standard InChI is InChI=1S/C11H17NO3/c1-3-5-9(13)12-7-4-6-11(2,8-12)10(14)15/h3H,1,4-8H2,2H3,(H,14,15). The summed E-state index contributed by atoms with van der Waals surface area (Å²) in [5, 5.41) is 9.07. The summed E-state index contributed by atoms with van der Waals surface area (Å²) < 4.78 is 0. The first-order valence-electron chi connectivity index (χ1n) is 5.12. The lowest BCUT2D eigenvalue weighted by atomic mass is 9.82. The molecule has 0 radical (unpaired) electrons. The molecule has 4 heteroatoms. The van der Waals surface area contributed by atoms with Crippen molar-refractivity contribution in [2.45, 2.75) is 26.2 Å².